The predicted molar refractivity (Wildman–Crippen MR) is 96.4 cm³/mol. The Morgan fingerprint density at radius 3 is 2.78 bits per heavy atom. The van der Waals surface area contributed by atoms with E-state index in [1.54, 1.807) is 0 Å². The summed E-state index contributed by atoms with van der Waals surface area (Å²) in [6.45, 7) is 0.815. The van der Waals surface area contributed by atoms with Gasteiger partial charge in [-0.05, 0) is 12.0 Å². The van der Waals surface area contributed by atoms with Crippen LogP contribution in [0.1, 0.15) is 12.0 Å². The summed E-state index contributed by atoms with van der Waals surface area (Å²) in [5.74, 6) is 0.786. The fourth-order valence-electron chi connectivity index (χ4n) is 1.91. The van der Waals surface area contributed by atoms with Crippen LogP contribution in [0.25, 0.3) is 10.3 Å². The SMILES string of the molecule is OCCCNc1nc2nc(SCc3ccccc3)nc(Cl)c2s1. The van der Waals surface area contributed by atoms with Crippen molar-refractivity contribution in [2.24, 2.45) is 0 Å². The lowest BCUT2D eigenvalue weighted by Crippen LogP contribution is -2.02. The lowest BCUT2D eigenvalue weighted by molar-refractivity contribution is 0.292. The Labute approximate surface area is 147 Å². The average Bonchev–Trinajstić information content (AvgIpc) is 2.98. The van der Waals surface area contributed by atoms with E-state index in [1.807, 2.05) is 18.2 Å². The van der Waals surface area contributed by atoms with Crippen molar-refractivity contribution >= 4 is 50.2 Å². The van der Waals surface area contributed by atoms with Crippen molar-refractivity contribution in [1.29, 1.82) is 0 Å². The third-order valence-electron chi connectivity index (χ3n) is 3.01. The van der Waals surface area contributed by atoms with Crippen molar-refractivity contribution in [3.8, 4) is 0 Å². The number of nitrogens with one attached hydrogen (secondary N) is 1. The number of anilines is 1. The number of aliphatic hydroxyl groups excluding tert-OH is 1. The third-order valence-corrected chi connectivity index (χ3v) is 5.33. The predicted octanol–water partition coefficient (Wildman–Crippen LogP) is 3.83. The number of aliphatic hydroxyl groups is 1. The average molecular weight is 367 g/mol. The number of aromatic nitrogens is 3. The van der Waals surface area contributed by atoms with Crippen LogP contribution in [0.4, 0.5) is 5.13 Å². The zero-order chi connectivity index (χ0) is 16.1. The number of fused-ring (bicyclic) bond motifs is 1. The molecule has 0 unspecified atom stereocenters. The fraction of sp³-hybridized carbons (Fsp3) is 0.267. The summed E-state index contributed by atoms with van der Waals surface area (Å²) in [4.78, 5) is 13.3. The van der Waals surface area contributed by atoms with Gasteiger partial charge in [0, 0.05) is 18.9 Å². The molecule has 0 bridgehead atoms. The highest BCUT2D eigenvalue weighted by Crippen LogP contribution is 2.32. The van der Waals surface area contributed by atoms with Gasteiger partial charge in [-0.1, -0.05) is 65.0 Å². The van der Waals surface area contributed by atoms with E-state index >= 15 is 0 Å². The maximum Gasteiger partial charge on any atom is 0.191 e. The van der Waals surface area contributed by atoms with Gasteiger partial charge in [0.1, 0.15) is 4.70 Å². The largest absolute Gasteiger partial charge is 0.396 e. The number of benzene rings is 1. The molecule has 0 saturated carbocycles. The molecule has 0 aliphatic heterocycles. The van der Waals surface area contributed by atoms with Crippen LogP contribution in [0.5, 0.6) is 0 Å². The normalized spacial score (nSPS) is 11.0. The number of halogens is 1. The maximum absolute atomic E-state index is 8.81. The van der Waals surface area contributed by atoms with Gasteiger partial charge in [0.05, 0.1) is 0 Å². The maximum atomic E-state index is 8.81. The third kappa shape index (κ3) is 4.32. The first-order valence-corrected chi connectivity index (χ1v) is 9.30. The molecule has 0 aliphatic carbocycles. The van der Waals surface area contributed by atoms with E-state index in [4.69, 9.17) is 16.7 Å². The molecular weight excluding hydrogens is 352 g/mol. The molecule has 8 heteroatoms. The minimum absolute atomic E-state index is 0.152. The number of hydrogen-bond acceptors (Lipinski definition) is 7. The van der Waals surface area contributed by atoms with Crippen LogP contribution in [0.15, 0.2) is 35.5 Å². The molecule has 3 rings (SSSR count). The first-order valence-electron chi connectivity index (χ1n) is 7.12. The Bertz CT molecular complexity index is 782. The van der Waals surface area contributed by atoms with Crippen molar-refractivity contribution in [2.75, 3.05) is 18.5 Å². The molecule has 2 heterocycles. The monoisotopic (exact) mass is 366 g/mol. The van der Waals surface area contributed by atoms with Crippen molar-refractivity contribution in [1.82, 2.24) is 15.0 Å². The first-order chi connectivity index (χ1) is 11.3. The molecule has 5 nitrogen and oxygen atoms in total. The van der Waals surface area contributed by atoms with Crippen LogP contribution >= 0.6 is 34.7 Å². The highest BCUT2D eigenvalue weighted by atomic mass is 35.5. The number of thiazole rings is 1. The molecule has 3 aromatic rings. The minimum Gasteiger partial charge on any atom is -0.396 e. The summed E-state index contributed by atoms with van der Waals surface area (Å²) < 4.78 is 0.780. The number of rotatable bonds is 7. The molecule has 120 valence electrons. The van der Waals surface area contributed by atoms with E-state index in [9.17, 15) is 0 Å². The fourth-order valence-corrected chi connectivity index (χ4v) is 3.85. The Kier molecular flexibility index (Phi) is 5.66. The molecule has 0 saturated heterocycles. The lowest BCUT2D eigenvalue weighted by Gasteiger charge is -2.01. The molecule has 0 spiro atoms. The summed E-state index contributed by atoms with van der Waals surface area (Å²) in [5.41, 5.74) is 1.82. The van der Waals surface area contributed by atoms with Gasteiger partial charge in [-0.3, -0.25) is 0 Å². The van der Waals surface area contributed by atoms with E-state index < -0.39 is 0 Å². The molecule has 0 radical (unpaired) electrons. The number of hydrogen-bond donors (Lipinski definition) is 2. The second-order valence-electron chi connectivity index (χ2n) is 4.75. The lowest BCUT2D eigenvalue weighted by atomic mass is 10.2. The zero-order valence-corrected chi connectivity index (χ0v) is 14.6. The van der Waals surface area contributed by atoms with Crippen LogP contribution in [0.2, 0.25) is 5.15 Å². The molecule has 23 heavy (non-hydrogen) atoms. The van der Waals surface area contributed by atoms with Crippen molar-refractivity contribution in [3.63, 3.8) is 0 Å². The molecule has 2 aromatic heterocycles. The summed E-state index contributed by atoms with van der Waals surface area (Å²) in [5, 5.41) is 13.8. The van der Waals surface area contributed by atoms with Crippen molar-refractivity contribution < 1.29 is 5.11 Å². The summed E-state index contributed by atoms with van der Waals surface area (Å²) >= 11 is 9.22. The van der Waals surface area contributed by atoms with E-state index in [2.05, 4.69) is 32.4 Å². The van der Waals surface area contributed by atoms with Crippen LogP contribution in [-0.4, -0.2) is 33.2 Å². The molecule has 0 atom stereocenters. The summed E-state index contributed by atoms with van der Waals surface area (Å²) in [6.07, 6.45) is 0.674. The van der Waals surface area contributed by atoms with Crippen LogP contribution < -0.4 is 5.32 Å². The second kappa shape index (κ2) is 7.92. The zero-order valence-electron chi connectivity index (χ0n) is 12.2. The quantitative estimate of drug-likeness (QED) is 0.286. The Morgan fingerprint density at radius 2 is 2.00 bits per heavy atom. The second-order valence-corrected chi connectivity index (χ2v) is 7.05. The summed E-state index contributed by atoms with van der Waals surface area (Å²) in [7, 11) is 0. The van der Waals surface area contributed by atoms with Crippen LogP contribution in [-0.2, 0) is 5.75 Å². The minimum atomic E-state index is 0.152. The van der Waals surface area contributed by atoms with Crippen molar-refractivity contribution in [3.05, 3.63) is 41.0 Å². The van der Waals surface area contributed by atoms with Gasteiger partial charge in [-0.15, -0.1) is 0 Å². The molecule has 0 aliphatic rings. The summed E-state index contributed by atoms with van der Waals surface area (Å²) in [6, 6.07) is 10.2. The van der Waals surface area contributed by atoms with Gasteiger partial charge >= 0.3 is 0 Å². The van der Waals surface area contributed by atoms with Crippen LogP contribution in [0.3, 0.4) is 0 Å². The Hall–Kier alpha value is -1.41. The topological polar surface area (TPSA) is 70.9 Å². The molecular formula is C15H15ClN4OS2. The van der Waals surface area contributed by atoms with E-state index in [0.717, 1.165) is 15.6 Å². The van der Waals surface area contributed by atoms with Crippen LogP contribution in [0, 0.1) is 0 Å². The van der Waals surface area contributed by atoms with E-state index in [0.29, 0.717) is 28.9 Å². The van der Waals surface area contributed by atoms with Gasteiger partial charge in [0.25, 0.3) is 0 Å². The van der Waals surface area contributed by atoms with E-state index in [-0.39, 0.29) is 6.61 Å². The van der Waals surface area contributed by atoms with Gasteiger partial charge in [0.2, 0.25) is 0 Å². The van der Waals surface area contributed by atoms with Gasteiger partial charge in [0.15, 0.2) is 21.1 Å². The smallest absolute Gasteiger partial charge is 0.191 e. The van der Waals surface area contributed by atoms with Gasteiger partial charge < -0.3 is 10.4 Å². The van der Waals surface area contributed by atoms with Gasteiger partial charge in [-0.25, -0.2) is 9.97 Å². The first kappa shape index (κ1) is 16.4. The number of nitrogens with zero attached hydrogens (tertiary/aromatic N) is 3. The molecule has 0 fully saturated rings. The van der Waals surface area contributed by atoms with Crippen molar-refractivity contribution in [2.45, 2.75) is 17.3 Å². The molecule has 1 aromatic carbocycles. The standard InChI is InChI=1S/C15H15ClN4OS2/c16-12-11-13(19-14(23-11)17-7-4-8-21)20-15(18-12)22-9-10-5-2-1-3-6-10/h1-3,5-6,21H,4,7-9H2,(H,17,18,19,20). The van der Waals surface area contributed by atoms with Gasteiger partial charge in [-0.2, -0.15) is 4.98 Å². The molecule has 2 N–H and O–H groups in total. The Morgan fingerprint density at radius 1 is 1.17 bits per heavy atom. The highest BCUT2D eigenvalue weighted by Gasteiger charge is 2.12. The number of thioether (sulfide) groups is 1. The molecule has 0 amide bonds. The van der Waals surface area contributed by atoms with E-state index in [1.165, 1.54) is 28.7 Å². The Balaban J connectivity index is 1.74. The highest BCUT2D eigenvalue weighted by molar-refractivity contribution is 7.98.